The number of amides is 2. The Bertz CT molecular complexity index is 1440. The molecule has 2 amide bonds. The summed E-state index contributed by atoms with van der Waals surface area (Å²) >= 11 is 0. The van der Waals surface area contributed by atoms with Crippen molar-refractivity contribution in [3.05, 3.63) is 66.5 Å². The number of nitrogens with zero attached hydrogens (tertiary/aromatic N) is 2. The number of fused-ring (bicyclic) bond motifs is 1. The van der Waals surface area contributed by atoms with E-state index in [0.717, 1.165) is 39.0 Å². The van der Waals surface area contributed by atoms with Gasteiger partial charge in [-0.3, -0.25) is 9.59 Å². The van der Waals surface area contributed by atoms with Crippen molar-refractivity contribution in [2.24, 2.45) is 0 Å². The Morgan fingerprint density at radius 2 is 1.76 bits per heavy atom. The number of aromatic nitrogens is 2. The summed E-state index contributed by atoms with van der Waals surface area (Å²) in [4.78, 5) is 35.2. The van der Waals surface area contributed by atoms with Gasteiger partial charge in [0.05, 0.1) is 24.4 Å². The molecule has 1 atom stereocenters. The Hall–Kier alpha value is -4.17. The first-order valence-electron chi connectivity index (χ1n) is 12.2. The van der Waals surface area contributed by atoms with Crippen LogP contribution >= 0.6 is 0 Å². The van der Waals surface area contributed by atoms with E-state index in [1.165, 1.54) is 4.90 Å². The highest BCUT2D eigenvalue weighted by molar-refractivity contribution is 6.06. The maximum atomic E-state index is 13.1. The number of ether oxygens (including phenoxy) is 1. The fourth-order valence-electron chi connectivity index (χ4n) is 4.32. The van der Waals surface area contributed by atoms with E-state index in [-0.39, 0.29) is 17.9 Å². The molecular formula is C29H33N5O3. The maximum Gasteiger partial charge on any atom is 0.255 e. The molecule has 0 aliphatic rings. The van der Waals surface area contributed by atoms with E-state index < -0.39 is 6.04 Å². The summed E-state index contributed by atoms with van der Waals surface area (Å²) in [5.74, 6) is 0.368. The SMILES string of the molecule is COc1ccccc1-c1c[nH]c2ncc(-c3ccc(NC(=O)[C@@H](C)NC(C)C)c(C(=O)N(C)C)c3)cc12. The number of rotatable bonds is 8. The fourth-order valence-corrected chi connectivity index (χ4v) is 4.32. The highest BCUT2D eigenvalue weighted by atomic mass is 16.5. The van der Waals surface area contributed by atoms with Crippen LogP contribution in [0.4, 0.5) is 5.69 Å². The molecule has 0 spiro atoms. The number of anilines is 1. The van der Waals surface area contributed by atoms with Crippen LogP contribution in [0, 0.1) is 0 Å². The van der Waals surface area contributed by atoms with Gasteiger partial charge in [0, 0.05) is 54.6 Å². The van der Waals surface area contributed by atoms with E-state index in [4.69, 9.17) is 4.74 Å². The number of nitrogens with one attached hydrogen (secondary N) is 3. The van der Waals surface area contributed by atoms with Gasteiger partial charge in [-0.15, -0.1) is 0 Å². The lowest BCUT2D eigenvalue weighted by atomic mass is 9.99. The maximum absolute atomic E-state index is 13.1. The second-order valence-electron chi connectivity index (χ2n) is 9.52. The first kappa shape index (κ1) is 25.9. The smallest absolute Gasteiger partial charge is 0.255 e. The van der Waals surface area contributed by atoms with E-state index >= 15 is 0 Å². The van der Waals surface area contributed by atoms with Crippen molar-refractivity contribution in [3.63, 3.8) is 0 Å². The molecule has 37 heavy (non-hydrogen) atoms. The molecule has 0 aliphatic heterocycles. The van der Waals surface area contributed by atoms with Gasteiger partial charge in [0.2, 0.25) is 5.91 Å². The van der Waals surface area contributed by atoms with Crippen molar-refractivity contribution in [2.75, 3.05) is 26.5 Å². The highest BCUT2D eigenvalue weighted by Crippen LogP contribution is 2.36. The number of hydrogen-bond donors (Lipinski definition) is 3. The van der Waals surface area contributed by atoms with Crippen molar-refractivity contribution in [1.29, 1.82) is 0 Å². The summed E-state index contributed by atoms with van der Waals surface area (Å²) in [6.07, 6.45) is 3.70. The fraction of sp³-hybridized carbons (Fsp3) is 0.276. The van der Waals surface area contributed by atoms with Crippen molar-refractivity contribution in [2.45, 2.75) is 32.9 Å². The predicted octanol–water partition coefficient (Wildman–Crippen LogP) is 4.93. The third-order valence-electron chi connectivity index (χ3n) is 6.15. The van der Waals surface area contributed by atoms with Gasteiger partial charge in [-0.25, -0.2) is 4.98 Å². The van der Waals surface area contributed by atoms with Crippen LogP contribution in [0.3, 0.4) is 0 Å². The van der Waals surface area contributed by atoms with Crippen LogP contribution in [0.25, 0.3) is 33.3 Å². The lowest BCUT2D eigenvalue weighted by Crippen LogP contribution is -2.41. The quantitative estimate of drug-likeness (QED) is 0.319. The number of pyridine rings is 1. The second kappa shape index (κ2) is 10.8. The molecule has 3 N–H and O–H groups in total. The van der Waals surface area contributed by atoms with Crippen LogP contribution in [0.2, 0.25) is 0 Å². The van der Waals surface area contributed by atoms with E-state index in [1.807, 2.05) is 56.4 Å². The van der Waals surface area contributed by atoms with Gasteiger partial charge in [-0.05, 0) is 36.8 Å². The van der Waals surface area contributed by atoms with Gasteiger partial charge >= 0.3 is 0 Å². The molecule has 4 aromatic rings. The molecule has 2 heterocycles. The van der Waals surface area contributed by atoms with E-state index in [0.29, 0.717) is 11.3 Å². The van der Waals surface area contributed by atoms with Crippen LogP contribution in [-0.2, 0) is 4.79 Å². The summed E-state index contributed by atoms with van der Waals surface area (Å²) in [6, 6.07) is 15.1. The zero-order valence-corrected chi connectivity index (χ0v) is 22.0. The monoisotopic (exact) mass is 499 g/mol. The molecule has 4 rings (SSSR count). The third-order valence-corrected chi connectivity index (χ3v) is 6.15. The molecule has 0 aliphatic carbocycles. The largest absolute Gasteiger partial charge is 0.496 e. The molecule has 0 fully saturated rings. The van der Waals surface area contributed by atoms with Crippen LogP contribution < -0.4 is 15.4 Å². The number of aromatic amines is 1. The number of benzene rings is 2. The highest BCUT2D eigenvalue weighted by Gasteiger charge is 2.20. The van der Waals surface area contributed by atoms with Gasteiger partial charge in [-0.2, -0.15) is 0 Å². The average molecular weight is 500 g/mol. The predicted molar refractivity (Wildman–Crippen MR) is 148 cm³/mol. The summed E-state index contributed by atoms with van der Waals surface area (Å²) in [5.41, 5.74) is 5.23. The van der Waals surface area contributed by atoms with Crippen molar-refractivity contribution in [3.8, 4) is 28.0 Å². The minimum atomic E-state index is -0.407. The molecular weight excluding hydrogens is 466 g/mol. The van der Waals surface area contributed by atoms with E-state index in [1.54, 1.807) is 46.5 Å². The Kier molecular flexibility index (Phi) is 7.59. The first-order valence-corrected chi connectivity index (χ1v) is 12.2. The number of para-hydroxylation sites is 1. The summed E-state index contributed by atoms with van der Waals surface area (Å²) in [5, 5.41) is 7.04. The third kappa shape index (κ3) is 5.49. The Balaban J connectivity index is 1.75. The molecule has 0 saturated carbocycles. The first-order chi connectivity index (χ1) is 17.7. The van der Waals surface area contributed by atoms with Gasteiger partial charge in [-0.1, -0.05) is 38.1 Å². The van der Waals surface area contributed by atoms with Crippen molar-refractivity contribution < 1.29 is 14.3 Å². The van der Waals surface area contributed by atoms with Crippen LogP contribution in [0.5, 0.6) is 5.75 Å². The number of carbonyl (C=O) groups is 2. The lowest BCUT2D eigenvalue weighted by molar-refractivity contribution is -0.117. The van der Waals surface area contributed by atoms with Crippen molar-refractivity contribution >= 4 is 28.5 Å². The van der Waals surface area contributed by atoms with Gasteiger partial charge in [0.1, 0.15) is 11.4 Å². The number of methoxy groups -OCH3 is 1. The molecule has 0 bridgehead atoms. The summed E-state index contributed by atoms with van der Waals surface area (Å²) < 4.78 is 5.56. The summed E-state index contributed by atoms with van der Waals surface area (Å²) in [6.45, 7) is 5.76. The van der Waals surface area contributed by atoms with E-state index in [9.17, 15) is 9.59 Å². The topological polar surface area (TPSA) is 99.3 Å². The van der Waals surface area contributed by atoms with Crippen LogP contribution in [-0.4, -0.2) is 60.0 Å². The van der Waals surface area contributed by atoms with Crippen LogP contribution in [0.15, 0.2) is 60.9 Å². The van der Waals surface area contributed by atoms with Crippen molar-refractivity contribution in [1.82, 2.24) is 20.2 Å². The molecule has 2 aromatic carbocycles. The molecule has 192 valence electrons. The minimum absolute atomic E-state index is 0.155. The average Bonchev–Trinajstić information content (AvgIpc) is 3.31. The Morgan fingerprint density at radius 3 is 2.46 bits per heavy atom. The van der Waals surface area contributed by atoms with Crippen LogP contribution in [0.1, 0.15) is 31.1 Å². The minimum Gasteiger partial charge on any atom is -0.496 e. The Labute approximate surface area is 217 Å². The number of H-pyrrole nitrogens is 1. The van der Waals surface area contributed by atoms with Gasteiger partial charge in [0.25, 0.3) is 5.91 Å². The molecule has 8 nitrogen and oxygen atoms in total. The molecule has 2 aromatic heterocycles. The number of carbonyl (C=O) groups excluding carboxylic acids is 2. The summed E-state index contributed by atoms with van der Waals surface area (Å²) in [7, 11) is 5.04. The zero-order chi connectivity index (χ0) is 26.7. The molecule has 8 heteroatoms. The van der Waals surface area contributed by atoms with Gasteiger partial charge in [0.15, 0.2) is 0 Å². The van der Waals surface area contributed by atoms with E-state index in [2.05, 4.69) is 20.6 Å². The molecule has 0 saturated heterocycles. The lowest BCUT2D eigenvalue weighted by Gasteiger charge is -2.19. The normalized spacial score (nSPS) is 12.0. The second-order valence-corrected chi connectivity index (χ2v) is 9.52. The number of hydrogen-bond acceptors (Lipinski definition) is 5. The van der Waals surface area contributed by atoms with Gasteiger partial charge < -0.3 is 25.3 Å². The standard InChI is InChI=1S/C29H33N5O3/c1-17(2)32-18(3)28(35)33-25-12-11-19(13-23(25)29(36)34(4)5)20-14-22-24(16-31-27(22)30-15-20)21-9-7-8-10-26(21)37-6/h7-18,32H,1-6H3,(H,30,31)(H,33,35)/t18-/m1/s1. The molecule has 0 unspecified atom stereocenters. The molecule has 0 radical (unpaired) electrons. The zero-order valence-electron chi connectivity index (χ0n) is 22.0. The Morgan fingerprint density at radius 1 is 1.00 bits per heavy atom.